The number of amides is 1. The topological polar surface area (TPSA) is 91.3 Å². The first kappa shape index (κ1) is 20.7. The number of nitrogens with zero attached hydrogens (tertiary/aromatic N) is 4. The summed E-state index contributed by atoms with van der Waals surface area (Å²) in [5.74, 6) is 0.0953. The van der Waals surface area contributed by atoms with Crippen LogP contribution in [0.15, 0.2) is 52.2 Å². The highest BCUT2D eigenvalue weighted by molar-refractivity contribution is 8.00. The lowest BCUT2D eigenvalue weighted by molar-refractivity contribution is -0.129. The van der Waals surface area contributed by atoms with Crippen LogP contribution in [0.4, 0.5) is 0 Å². The monoisotopic (exact) mass is 466 g/mol. The number of hydrogen-bond donors (Lipinski definition) is 1. The van der Waals surface area contributed by atoms with Crippen LogP contribution in [0.5, 0.6) is 5.88 Å². The molecule has 1 N–H and O–H groups in total. The normalized spacial score (nSPS) is 18.6. The second-order valence-corrected chi connectivity index (χ2v) is 9.36. The second-order valence-electron chi connectivity index (χ2n) is 7.93. The predicted molar refractivity (Wildman–Crippen MR) is 121 cm³/mol. The zero-order valence-electron chi connectivity index (χ0n) is 17.2. The molecule has 0 aliphatic carbocycles. The Morgan fingerprint density at radius 3 is 2.75 bits per heavy atom. The molecule has 7 nitrogen and oxygen atoms in total. The number of rotatable bonds is 4. The number of halogens is 1. The number of thioether (sulfide) groups is 1. The number of carbonyl (C=O) groups excluding carboxylic acids is 1. The van der Waals surface area contributed by atoms with Crippen LogP contribution in [-0.4, -0.2) is 37.3 Å². The van der Waals surface area contributed by atoms with Crippen LogP contribution in [0.2, 0.25) is 5.02 Å². The molecule has 0 saturated carbocycles. The van der Waals surface area contributed by atoms with Gasteiger partial charge in [0.2, 0.25) is 11.8 Å². The molecule has 2 aromatic carbocycles. The number of aromatic nitrogens is 2. The van der Waals surface area contributed by atoms with Crippen molar-refractivity contribution in [2.45, 2.75) is 30.3 Å². The molecule has 2 atom stereocenters. The van der Waals surface area contributed by atoms with E-state index in [-0.39, 0.29) is 34.6 Å². The molecular formula is C23H19ClN4O3S. The Balaban J connectivity index is 1.47. The molecule has 1 saturated heterocycles. The fourth-order valence-electron chi connectivity index (χ4n) is 4.69. The summed E-state index contributed by atoms with van der Waals surface area (Å²) in [4.78, 5) is 28.9. The van der Waals surface area contributed by atoms with Gasteiger partial charge in [0.05, 0.1) is 34.1 Å². The summed E-state index contributed by atoms with van der Waals surface area (Å²) in [5.41, 5.74) is 1.37. The van der Waals surface area contributed by atoms with Gasteiger partial charge < -0.3 is 10.0 Å². The van der Waals surface area contributed by atoms with Crippen LogP contribution in [0.25, 0.3) is 5.69 Å². The van der Waals surface area contributed by atoms with Crippen molar-refractivity contribution in [1.29, 1.82) is 5.26 Å². The third-order valence-corrected chi connectivity index (χ3v) is 7.69. The SMILES string of the molecule is Cc1c(-n2c(O)c3n(c2=O)[C@H]2C[C@@H]3N(C(=O)CSc3ccccc3)C2)ccc(C#N)c1Cl. The van der Waals surface area contributed by atoms with Gasteiger partial charge in [-0.3, -0.25) is 9.36 Å². The van der Waals surface area contributed by atoms with Crippen LogP contribution in [0.3, 0.4) is 0 Å². The lowest BCUT2D eigenvalue weighted by Crippen LogP contribution is -2.38. The summed E-state index contributed by atoms with van der Waals surface area (Å²) in [6.45, 7) is 2.15. The van der Waals surface area contributed by atoms with Crippen LogP contribution >= 0.6 is 23.4 Å². The Labute approximate surface area is 193 Å². The standard InChI is InChI=1S/C23H19ClN4O3S/c1-13-17(8-7-14(10-25)20(13)24)28-22(30)21-18-9-15(27(21)23(28)31)11-26(18)19(29)12-32-16-5-3-2-4-6-16/h2-8,15,18,30H,9,11-12H2,1H3/t15-,18-/m0/s1. The van der Waals surface area contributed by atoms with Crippen molar-refractivity contribution >= 4 is 29.3 Å². The molecule has 32 heavy (non-hydrogen) atoms. The van der Waals surface area contributed by atoms with Gasteiger partial charge in [-0.05, 0) is 43.2 Å². The van der Waals surface area contributed by atoms with Crippen LogP contribution in [0.1, 0.15) is 35.3 Å². The van der Waals surface area contributed by atoms with E-state index in [4.69, 9.17) is 11.6 Å². The second kappa shape index (κ2) is 7.76. The minimum Gasteiger partial charge on any atom is -0.493 e. The highest BCUT2D eigenvalue weighted by Crippen LogP contribution is 2.49. The van der Waals surface area contributed by atoms with E-state index in [1.54, 1.807) is 22.5 Å². The van der Waals surface area contributed by atoms with Gasteiger partial charge in [-0.2, -0.15) is 5.26 Å². The van der Waals surface area contributed by atoms with E-state index in [1.165, 1.54) is 22.4 Å². The van der Waals surface area contributed by atoms with Gasteiger partial charge in [-0.15, -0.1) is 11.8 Å². The first-order chi connectivity index (χ1) is 15.4. The quantitative estimate of drug-likeness (QED) is 0.590. The molecule has 1 fully saturated rings. The zero-order valence-corrected chi connectivity index (χ0v) is 18.7. The zero-order chi connectivity index (χ0) is 22.6. The Morgan fingerprint density at radius 2 is 2.03 bits per heavy atom. The molecule has 2 bridgehead atoms. The third-order valence-electron chi connectivity index (χ3n) is 6.20. The number of aromatic hydroxyl groups is 1. The Morgan fingerprint density at radius 1 is 1.28 bits per heavy atom. The number of nitriles is 1. The van der Waals surface area contributed by atoms with E-state index in [1.807, 2.05) is 36.4 Å². The predicted octanol–water partition coefficient (Wildman–Crippen LogP) is 3.80. The Hall–Kier alpha value is -3.15. The molecule has 3 aromatic rings. The molecule has 2 aliphatic rings. The maximum absolute atomic E-state index is 13.2. The minimum absolute atomic E-state index is 0.0187. The maximum atomic E-state index is 13.2. The molecule has 162 valence electrons. The number of likely N-dealkylation sites (tertiary alicyclic amines) is 1. The number of carbonyl (C=O) groups is 1. The van der Waals surface area contributed by atoms with Crippen molar-refractivity contribution < 1.29 is 9.90 Å². The van der Waals surface area contributed by atoms with Crippen molar-refractivity contribution in [3.8, 4) is 17.6 Å². The molecule has 5 rings (SSSR count). The fraction of sp³-hybridized carbons (Fsp3) is 0.261. The van der Waals surface area contributed by atoms with Crippen molar-refractivity contribution in [3.05, 3.63) is 74.8 Å². The molecule has 0 spiro atoms. The van der Waals surface area contributed by atoms with Gasteiger partial charge in [-0.25, -0.2) is 9.36 Å². The van der Waals surface area contributed by atoms with E-state index in [9.17, 15) is 20.0 Å². The van der Waals surface area contributed by atoms with E-state index < -0.39 is 0 Å². The lowest BCUT2D eigenvalue weighted by Gasteiger charge is -2.27. The van der Waals surface area contributed by atoms with Gasteiger partial charge >= 0.3 is 5.69 Å². The van der Waals surface area contributed by atoms with Crippen molar-refractivity contribution in [3.63, 3.8) is 0 Å². The molecular weight excluding hydrogens is 448 g/mol. The summed E-state index contributed by atoms with van der Waals surface area (Å²) in [6, 6.07) is 14.4. The molecule has 3 heterocycles. The fourth-order valence-corrected chi connectivity index (χ4v) is 5.69. The number of benzene rings is 2. The number of fused-ring (bicyclic) bond motifs is 5. The van der Waals surface area contributed by atoms with Gasteiger partial charge in [0.1, 0.15) is 11.8 Å². The summed E-state index contributed by atoms with van der Waals surface area (Å²) < 4.78 is 2.82. The Kier molecular flexibility index (Phi) is 5.03. The highest BCUT2D eigenvalue weighted by Gasteiger charge is 2.49. The first-order valence-corrected chi connectivity index (χ1v) is 11.5. The molecule has 0 unspecified atom stereocenters. The number of imidazole rings is 1. The molecule has 0 radical (unpaired) electrons. The van der Waals surface area contributed by atoms with Crippen LogP contribution < -0.4 is 5.69 Å². The van der Waals surface area contributed by atoms with Crippen LogP contribution in [-0.2, 0) is 4.79 Å². The maximum Gasteiger partial charge on any atom is 0.336 e. The van der Waals surface area contributed by atoms with Crippen molar-refractivity contribution in [2.24, 2.45) is 0 Å². The van der Waals surface area contributed by atoms with Gasteiger partial charge in [-0.1, -0.05) is 29.8 Å². The van der Waals surface area contributed by atoms with E-state index in [0.29, 0.717) is 41.2 Å². The van der Waals surface area contributed by atoms with Gasteiger partial charge in [0.15, 0.2) is 0 Å². The van der Waals surface area contributed by atoms with Gasteiger partial charge in [0, 0.05) is 11.4 Å². The minimum atomic E-state index is -0.361. The first-order valence-electron chi connectivity index (χ1n) is 10.1. The van der Waals surface area contributed by atoms with Crippen molar-refractivity contribution in [2.75, 3.05) is 12.3 Å². The number of hydrogen-bond acceptors (Lipinski definition) is 5. The van der Waals surface area contributed by atoms with Crippen molar-refractivity contribution in [1.82, 2.24) is 14.0 Å². The highest BCUT2D eigenvalue weighted by atomic mass is 35.5. The average Bonchev–Trinajstić information content (AvgIpc) is 3.47. The molecule has 2 aliphatic heterocycles. The largest absolute Gasteiger partial charge is 0.493 e. The summed E-state index contributed by atoms with van der Waals surface area (Å²) in [6.07, 6.45) is 0.619. The Bertz CT molecular complexity index is 1340. The lowest BCUT2D eigenvalue weighted by atomic mass is 10.1. The summed E-state index contributed by atoms with van der Waals surface area (Å²) in [7, 11) is 0. The summed E-state index contributed by atoms with van der Waals surface area (Å²) >= 11 is 7.76. The third kappa shape index (κ3) is 3.04. The smallest absolute Gasteiger partial charge is 0.336 e. The van der Waals surface area contributed by atoms with E-state index in [0.717, 1.165) is 4.90 Å². The van der Waals surface area contributed by atoms with Crippen LogP contribution in [0, 0.1) is 18.3 Å². The average molecular weight is 467 g/mol. The van der Waals surface area contributed by atoms with E-state index in [2.05, 4.69) is 0 Å². The van der Waals surface area contributed by atoms with E-state index >= 15 is 0 Å². The molecule has 1 aromatic heterocycles. The van der Waals surface area contributed by atoms with Gasteiger partial charge in [0.25, 0.3) is 0 Å². The molecule has 1 amide bonds. The molecule has 9 heteroatoms. The summed E-state index contributed by atoms with van der Waals surface area (Å²) in [5, 5.41) is 20.5.